The van der Waals surface area contributed by atoms with Gasteiger partial charge in [0, 0.05) is 44.5 Å². The molecular formula is C17H22N4O3. The Balaban J connectivity index is 1.70. The third-order valence-electron chi connectivity index (χ3n) is 4.38. The van der Waals surface area contributed by atoms with Gasteiger partial charge in [-0.25, -0.2) is 4.79 Å². The van der Waals surface area contributed by atoms with Crippen molar-refractivity contribution in [3.05, 3.63) is 51.2 Å². The molecule has 0 amide bonds. The fourth-order valence-electron chi connectivity index (χ4n) is 2.98. The lowest BCUT2D eigenvalue weighted by Crippen LogP contribution is -2.48. The average Bonchev–Trinajstić information content (AvgIpc) is 2.62. The van der Waals surface area contributed by atoms with Gasteiger partial charge in [0.15, 0.2) is 0 Å². The van der Waals surface area contributed by atoms with Crippen LogP contribution in [0.15, 0.2) is 39.9 Å². The number of H-pyrrole nitrogens is 1. The summed E-state index contributed by atoms with van der Waals surface area (Å²) in [4.78, 5) is 31.0. The number of nitrogens with zero attached hydrogens (tertiary/aromatic N) is 3. The number of methoxy groups -OCH3 is 1. The Bertz CT molecular complexity index is 771. The minimum Gasteiger partial charge on any atom is -0.497 e. The van der Waals surface area contributed by atoms with E-state index in [4.69, 9.17) is 4.74 Å². The van der Waals surface area contributed by atoms with E-state index in [0.29, 0.717) is 12.4 Å². The molecule has 0 atom stereocenters. The Kier molecular flexibility index (Phi) is 4.59. The molecule has 1 fully saturated rings. The number of ether oxygens (including phenoxy) is 1. The summed E-state index contributed by atoms with van der Waals surface area (Å²) in [5.74, 6) is 1.44. The Morgan fingerprint density at radius 2 is 1.67 bits per heavy atom. The van der Waals surface area contributed by atoms with E-state index in [1.165, 1.54) is 10.6 Å². The van der Waals surface area contributed by atoms with Gasteiger partial charge in [-0.05, 0) is 31.2 Å². The van der Waals surface area contributed by atoms with Gasteiger partial charge in [-0.3, -0.25) is 14.3 Å². The van der Waals surface area contributed by atoms with E-state index in [-0.39, 0.29) is 11.2 Å². The first-order valence-electron chi connectivity index (χ1n) is 8.10. The Hall–Kier alpha value is -2.70. The number of aromatic amines is 1. The molecule has 2 aromatic rings. The van der Waals surface area contributed by atoms with Gasteiger partial charge in [0.25, 0.3) is 5.56 Å². The molecule has 2 heterocycles. The Labute approximate surface area is 140 Å². The SMILES string of the molecule is CCn1c(=O)cc(N2CCN(c3ccc(OC)cc3)CC2)[nH]c1=O. The van der Waals surface area contributed by atoms with Crippen LogP contribution in [0.1, 0.15) is 6.92 Å². The third-order valence-corrected chi connectivity index (χ3v) is 4.38. The van der Waals surface area contributed by atoms with Gasteiger partial charge in [0.1, 0.15) is 11.6 Å². The summed E-state index contributed by atoms with van der Waals surface area (Å²) < 4.78 is 6.37. The predicted octanol–water partition coefficient (Wildman–Crippen LogP) is 0.892. The minimum absolute atomic E-state index is 0.256. The molecule has 128 valence electrons. The van der Waals surface area contributed by atoms with E-state index in [0.717, 1.165) is 37.6 Å². The molecule has 24 heavy (non-hydrogen) atoms. The van der Waals surface area contributed by atoms with Crippen LogP contribution in [-0.4, -0.2) is 42.8 Å². The number of rotatable bonds is 4. The topological polar surface area (TPSA) is 70.6 Å². The van der Waals surface area contributed by atoms with Crippen LogP contribution < -0.4 is 25.8 Å². The standard InChI is InChI=1S/C17H22N4O3/c1-3-21-16(22)12-15(18-17(21)23)20-10-8-19(9-11-20)13-4-6-14(24-2)7-5-13/h4-7,12H,3,8-11H2,1-2H3,(H,18,23). The monoisotopic (exact) mass is 330 g/mol. The zero-order valence-electron chi connectivity index (χ0n) is 14.0. The average molecular weight is 330 g/mol. The lowest BCUT2D eigenvalue weighted by molar-refractivity contribution is 0.415. The van der Waals surface area contributed by atoms with E-state index >= 15 is 0 Å². The fraction of sp³-hybridized carbons (Fsp3) is 0.412. The van der Waals surface area contributed by atoms with Crippen LogP contribution in [0.3, 0.4) is 0 Å². The number of anilines is 2. The molecule has 7 nitrogen and oxygen atoms in total. The summed E-state index contributed by atoms with van der Waals surface area (Å²) in [7, 11) is 1.65. The molecule has 0 unspecified atom stereocenters. The number of aromatic nitrogens is 2. The van der Waals surface area contributed by atoms with E-state index in [2.05, 4.69) is 9.88 Å². The molecule has 0 radical (unpaired) electrons. The maximum atomic E-state index is 12.0. The van der Waals surface area contributed by atoms with Gasteiger partial charge in [0.2, 0.25) is 0 Å². The lowest BCUT2D eigenvalue weighted by atomic mass is 10.2. The van der Waals surface area contributed by atoms with Crippen molar-refractivity contribution in [2.45, 2.75) is 13.5 Å². The smallest absolute Gasteiger partial charge is 0.329 e. The zero-order chi connectivity index (χ0) is 17.1. The van der Waals surface area contributed by atoms with Gasteiger partial charge in [-0.2, -0.15) is 0 Å². The van der Waals surface area contributed by atoms with E-state index < -0.39 is 0 Å². The van der Waals surface area contributed by atoms with E-state index in [1.807, 2.05) is 29.2 Å². The molecule has 0 aliphatic carbocycles. The zero-order valence-corrected chi connectivity index (χ0v) is 14.0. The molecule has 1 N–H and O–H groups in total. The van der Waals surface area contributed by atoms with Crippen molar-refractivity contribution >= 4 is 11.5 Å². The summed E-state index contributed by atoms with van der Waals surface area (Å²) >= 11 is 0. The van der Waals surface area contributed by atoms with Crippen LogP contribution in [0.25, 0.3) is 0 Å². The van der Waals surface area contributed by atoms with Crippen LogP contribution in [0, 0.1) is 0 Å². The van der Waals surface area contributed by atoms with Crippen molar-refractivity contribution in [2.75, 3.05) is 43.1 Å². The van der Waals surface area contributed by atoms with Crippen molar-refractivity contribution < 1.29 is 4.74 Å². The molecule has 3 rings (SSSR count). The largest absolute Gasteiger partial charge is 0.497 e. The number of nitrogens with one attached hydrogen (secondary N) is 1. The lowest BCUT2D eigenvalue weighted by Gasteiger charge is -2.37. The summed E-state index contributed by atoms with van der Waals surface area (Å²) in [5, 5.41) is 0. The second-order valence-corrected chi connectivity index (χ2v) is 5.71. The molecule has 0 spiro atoms. The van der Waals surface area contributed by atoms with Gasteiger partial charge >= 0.3 is 5.69 Å². The first-order chi connectivity index (χ1) is 11.6. The number of hydrogen-bond acceptors (Lipinski definition) is 5. The summed E-state index contributed by atoms with van der Waals surface area (Å²) in [6.45, 7) is 5.30. The Morgan fingerprint density at radius 1 is 1.04 bits per heavy atom. The first kappa shape index (κ1) is 16.2. The molecule has 1 aliphatic rings. The highest BCUT2D eigenvalue weighted by Gasteiger charge is 2.19. The third kappa shape index (κ3) is 3.15. The molecule has 7 heteroatoms. The first-order valence-corrected chi connectivity index (χ1v) is 8.10. The van der Waals surface area contributed by atoms with Gasteiger partial charge in [-0.15, -0.1) is 0 Å². The summed E-state index contributed by atoms with van der Waals surface area (Å²) in [5.41, 5.74) is 0.539. The van der Waals surface area contributed by atoms with Gasteiger partial charge < -0.3 is 14.5 Å². The fourth-order valence-corrected chi connectivity index (χ4v) is 2.98. The molecular weight excluding hydrogens is 308 g/mol. The molecule has 1 saturated heterocycles. The van der Waals surface area contributed by atoms with Crippen molar-refractivity contribution in [1.29, 1.82) is 0 Å². The maximum Gasteiger partial charge on any atom is 0.329 e. The van der Waals surface area contributed by atoms with Gasteiger partial charge in [0.05, 0.1) is 7.11 Å². The van der Waals surface area contributed by atoms with Crippen LogP contribution in [-0.2, 0) is 6.54 Å². The summed E-state index contributed by atoms with van der Waals surface area (Å²) in [6.07, 6.45) is 0. The van der Waals surface area contributed by atoms with Crippen LogP contribution in [0.5, 0.6) is 5.75 Å². The second kappa shape index (κ2) is 6.82. The van der Waals surface area contributed by atoms with Crippen LogP contribution in [0.2, 0.25) is 0 Å². The van der Waals surface area contributed by atoms with Crippen molar-refractivity contribution in [3.63, 3.8) is 0 Å². The molecule has 1 aliphatic heterocycles. The number of benzene rings is 1. The maximum absolute atomic E-state index is 12.0. The normalized spacial score (nSPS) is 14.8. The van der Waals surface area contributed by atoms with Crippen LogP contribution in [0.4, 0.5) is 11.5 Å². The van der Waals surface area contributed by atoms with Crippen LogP contribution >= 0.6 is 0 Å². The van der Waals surface area contributed by atoms with Crippen molar-refractivity contribution in [2.24, 2.45) is 0 Å². The van der Waals surface area contributed by atoms with E-state index in [9.17, 15) is 9.59 Å². The molecule has 0 bridgehead atoms. The predicted molar refractivity (Wildman–Crippen MR) is 94.4 cm³/mol. The Morgan fingerprint density at radius 3 is 2.21 bits per heavy atom. The second-order valence-electron chi connectivity index (χ2n) is 5.71. The highest BCUT2D eigenvalue weighted by Crippen LogP contribution is 2.21. The molecule has 1 aromatic carbocycles. The summed E-state index contributed by atoms with van der Waals surface area (Å²) in [6, 6.07) is 9.48. The highest BCUT2D eigenvalue weighted by atomic mass is 16.5. The minimum atomic E-state index is -0.349. The quantitative estimate of drug-likeness (QED) is 0.902. The number of piperazine rings is 1. The molecule has 0 saturated carbocycles. The van der Waals surface area contributed by atoms with Gasteiger partial charge in [-0.1, -0.05) is 0 Å². The highest BCUT2D eigenvalue weighted by molar-refractivity contribution is 5.51. The number of hydrogen-bond donors (Lipinski definition) is 1. The molecule has 1 aromatic heterocycles. The van der Waals surface area contributed by atoms with Crippen molar-refractivity contribution in [3.8, 4) is 5.75 Å². The van der Waals surface area contributed by atoms with Crippen molar-refractivity contribution in [1.82, 2.24) is 9.55 Å². The van der Waals surface area contributed by atoms with E-state index in [1.54, 1.807) is 14.0 Å².